The minimum atomic E-state index is 0.316. The number of hydrogen-bond acceptors (Lipinski definition) is 2. The Morgan fingerprint density at radius 3 is 1.88 bits per heavy atom. The van der Waals surface area contributed by atoms with Crippen molar-refractivity contribution in [3.8, 4) is 11.5 Å². The molecule has 0 amide bonds. The Morgan fingerprint density at radius 1 is 0.731 bits per heavy atom. The van der Waals surface area contributed by atoms with Gasteiger partial charge in [0.15, 0.2) is 0 Å². The smallest absolute Gasteiger partial charge is 0.118 e. The topological polar surface area (TPSA) is 18.5 Å². The standard InChI is InChI=1S/C24H23O2/c1-16-21-6-4-5-7-22(21)24(18-10-14-20(26-3)15-11-18)23(16)17-8-12-19(25-2)13-9-17/h4,6-16,23-24H,1-3H3. The number of rotatable bonds is 4. The molecule has 26 heavy (non-hydrogen) atoms. The summed E-state index contributed by atoms with van der Waals surface area (Å²) in [5.74, 6) is 2.93. The summed E-state index contributed by atoms with van der Waals surface area (Å²) in [6.07, 6.45) is 0. The van der Waals surface area contributed by atoms with Crippen molar-refractivity contribution in [3.63, 3.8) is 0 Å². The molecule has 0 fully saturated rings. The highest BCUT2D eigenvalue weighted by molar-refractivity contribution is 5.51. The van der Waals surface area contributed by atoms with Crippen molar-refractivity contribution < 1.29 is 9.47 Å². The Morgan fingerprint density at radius 2 is 1.31 bits per heavy atom. The van der Waals surface area contributed by atoms with Crippen LogP contribution in [0.1, 0.15) is 46.9 Å². The van der Waals surface area contributed by atoms with E-state index < -0.39 is 0 Å². The van der Waals surface area contributed by atoms with Gasteiger partial charge in [-0.15, -0.1) is 0 Å². The van der Waals surface area contributed by atoms with Gasteiger partial charge in [0.25, 0.3) is 0 Å². The Kier molecular flexibility index (Phi) is 4.42. The molecular formula is C24H23O2. The summed E-state index contributed by atoms with van der Waals surface area (Å²) in [7, 11) is 3.41. The molecule has 3 aromatic rings. The summed E-state index contributed by atoms with van der Waals surface area (Å²) in [6.45, 7) is 2.33. The molecule has 0 saturated heterocycles. The molecule has 0 bridgehead atoms. The maximum Gasteiger partial charge on any atom is 0.118 e. The first-order valence-corrected chi connectivity index (χ1v) is 9.00. The van der Waals surface area contributed by atoms with Gasteiger partial charge in [0.1, 0.15) is 11.5 Å². The minimum Gasteiger partial charge on any atom is -0.497 e. The highest BCUT2D eigenvalue weighted by atomic mass is 16.5. The summed E-state index contributed by atoms with van der Waals surface area (Å²) in [5.41, 5.74) is 5.46. The fourth-order valence-corrected chi connectivity index (χ4v) is 4.32. The van der Waals surface area contributed by atoms with Gasteiger partial charge in [0, 0.05) is 11.8 Å². The van der Waals surface area contributed by atoms with Crippen LogP contribution in [0, 0.1) is 6.07 Å². The van der Waals surface area contributed by atoms with Crippen LogP contribution in [0.2, 0.25) is 0 Å². The molecule has 0 saturated carbocycles. The van der Waals surface area contributed by atoms with E-state index in [1.807, 2.05) is 6.07 Å². The van der Waals surface area contributed by atoms with Gasteiger partial charge in [-0.3, -0.25) is 0 Å². The summed E-state index contributed by atoms with van der Waals surface area (Å²) in [4.78, 5) is 0. The molecule has 2 nitrogen and oxygen atoms in total. The molecule has 1 aliphatic carbocycles. The SMILES string of the molecule is COc1ccc(C2c3c[c]ccc3C(C)C2c2ccc(OC)cc2)cc1. The molecule has 1 aliphatic rings. The van der Waals surface area contributed by atoms with Gasteiger partial charge >= 0.3 is 0 Å². The maximum absolute atomic E-state index is 5.34. The zero-order valence-corrected chi connectivity index (χ0v) is 15.4. The van der Waals surface area contributed by atoms with Crippen LogP contribution in [0.25, 0.3) is 0 Å². The Hall–Kier alpha value is -2.74. The van der Waals surface area contributed by atoms with Gasteiger partial charge < -0.3 is 9.47 Å². The molecule has 131 valence electrons. The van der Waals surface area contributed by atoms with Crippen molar-refractivity contribution in [2.75, 3.05) is 14.2 Å². The lowest BCUT2D eigenvalue weighted by Gasteiger charge is -2.25. The van der Waals surface area contributed by atoms with Crippen LogP contribution in [0.5, 0.6) is 11.5 Å². The van der Waals surface area contributed by atoms with Crippen molar-refractivity contribution in [1.29, 1.82) is 0 Å². The van der Waals surface area contributed by atoms with E-state index in [4.69, 9.17) is 9.47 Å². The van der Waals surface area contributed by atoms with Crippen LogP contribution >= 0.6 is 0 Å². The Labute approximate surface area is 155 Å². The largest absolute Gasteiger partial charge is 0.497 e. The van der Waals surface area contributed by atoms with Gasteiger partial charge in [-0.05, 0) is 58.5 Å². The summed E-state index contributed by atoms with van der Waals surface area (Å²) < 4.78 is 10.7. The quantitative estimate of drug-likeness (QED) is 0.619. The van der Waals surface area contributed by atoms with Gasteiger partial charge in [0.2, 0.25) is 0 Å². The molecule has 4 rings (SSSR count). The lowest BCUT2D eigenvalue weighted by molar-refractivity contribution is 0.414. The number of fused-ring (bicyclic) bond motifs is 1. The van der Waals surface area contributed by atoms with E-state index in [2.05, 4.69) is 73.7 Å². The molecule has 0 N–H and O–H groups in total. The third kappa shape index (κ3) is 2.76. The monoisotopic (exact) mass is 343 g/mol. The number of methoxy groups -OCH3 is 2. The van der Waals surface area contributed by atoms with E-state index in [9.17, 15) is 0 Å². The van der Waals surface area contributed by atoms with E-state index in [0.717, 1.165) is 11.5 Å². The number of hydrogen-bond donors (Lipinski definition) is 0. The zero-order valence-electron chi connectivity index (χ0n) is 15.4. The molecule has 0 aliphatic heterocycles. The van der Waals surface area contributed by atoms with Crippen LogP contribution in [0.4, 0.5) is 0 Å². The predicted molar refractivity (Wildman–Crippen MR) is 104 cm³/mol. The molecule has 1 radical (unpaired) electrons. The zero-order chi connectivity index (χ0) is 18.1. The van der Waals surface area contributed by atoms with E-state index in [1.165, 1.54) is 22.3 Å². The molecule has 0 spiro atoms. The predicted octanol–water partition coefficient (Wildman–Crippen LogP) is 5.54. The Bertz CT molecular complexity index is 881. The number of ether oxygens (including phenoxy) is 2. The van der Waals surface area contributed by atoms with E-state index in [-0.39, 0.29) is 0 Å². The van der Waals surface area contributed by atoms with E-state index >= 15 is 0 Å². The second-order valence-electron chi connectivity index (χ2n) is 6.89. The lowest BCUT2D eigenvalue weighted by Crippen LogP contribution is -2.10. The highest BCUT2D eigenvalue weighted by Gasteiger charge is 2.39. The van der Waals surface area contributed by atoms with Crippen molar-refractivity contribution in [2.24, 2.45) is 0 Å². The maximum atomic E-state index is 5.34. The fourth-order valence-electron chi connectivity index (χ4n) is 4.32. The van der Waals surface area contributed by atoms with Gasteiger partial charge in [-0.2, -0.15) is 0 Å². The van der Waals surface area contributed by atoms with E-state index in [1.54, 1.807) is 14.2 Å². The Balaban J connectivity index is 1.82. The van der Waals surface area contributed by atoms with E-state index in [0.29, 0.717) is 17.8 Å². The summed E-state index contributed by atoms with van der Waals surface area (Å²) in [5, 5.41) is 0. The normalized spacial score (nSPS) is 21.3. The van der Waals surface area contributed by atoms with Gasteiger partial charge in [-0.25, -0.2) is 0 Å². The van der Waals surface area contributed by atoms with Crippen molar-refractivity contribution in [1.82, 2.24) is 0 Å². The van der Waals surface area contributed by atoms with Crippen LogP contribution in [-0.4, -0.2) is 14.2 Å². The third-order valence-electron chi connectivity index (χ3n) is 5.63. The van der Waals surface area contributed by atoms with Crippen LogP contribution in [0.3, 0.4) is 0 Å². The first kappa shape index (κ1) is 16.7. The molecule has 3 aromatic carbocycles. The van der Waals surface area contributed by atoms with Crippen molar-refractivity contribution in [2.45, 2.75) is 24.7 Å². The fraction of sp³-hybridized carbons (Fsp3) is 0.250. The molecule has 0 aromatic heterocycles. The highest BCUT2D eigenvalue weighted by Crippen LogP contribution is 2.54. The van der Waals surface area contributed by atoms with Gasteiger partial charge in [-0.1, -0.05) is 49.4 Å². The average molecular weight is 343 g/mol. The van der Waals surface area contributed by atoms with Crippen molar-refractivity contribution in [3.05, 3.63) is 95.1 Å². The van der Waals surface area contributed by atoms with Gasteiger partial charge in [0.05, 0.1) is 14.2 Å². The average Bonchev–Trinajstić information content (AvgIpc) is 3.01. The molecule has 3 unspecified atom stereocenters. The molecule has 0 heterocycles. The van der Waals surface area contributed by atoms with Crippen molar-refractivity contribution >= 4 is 0 Å². The second-order valence-corrected chi connectivity index (χ2v) is 6.89. The number of benzene rings is 3. The molecule has 3 atom stereocenters. The molecular weight excluding hydrogens is 320 g/mol. The summed E-state index contributed by atoms with van der Waals surface area (Å²) >= 11 is 0. The van der Waals surface area contributed by atoms with Crippen LogP contribution in [0.15, 0.2) is 66.7 Å². The van der Waals surface area contributed by atoms with Crippen LogP contribution < -0.4 is 9.47 Å². The third-order valence-corrected chi connectivity index (χ3v) is 5.63. The lowest BCUT2D eigenvalue weighted by atomic mass is 9.78. The first-order valence-electron chi connectivity index (χ1n) is 9.00. The summed E-state index contributed by atoms with van der Waals surface area (Å²) in [6, 6.07) is 26.7. The first-order chi connectivity index (χ1) is 12.7. The minimum absolute atomic E-state index is 0.316. The second kappa shape index (κ2) is 6.87. The van der Waals surface area contributed by atoms with Crippen LogP contribution in [-0.2, 0) is 0 Å². The molecule has 2 heteroatoms.